The van der Waals surface area contributed by atoms with E-state index in [4.69, 9.17) is 4.18 Å². The zero-order valence-corrected chi connectivity index (χ0v) is 14.1. The number of nitrogens with zero attached hydrogens (tertiary/aromatic N) is 1. The molecular weight excluding hydrogens is 286 g/mol. The van der Waals surface area contributed by atoms with Crippen molar-refractivity contribution in [2.24, 2.45) is 0 Å². The Morgan fingerprint density at radius 1 is 1.19 bits per heavy atom. The van der Waals surface area contributed by atoms with Crippen molar-refractivity contribution in [1.82, 2.24) is 4.90 Å². The Labute approximate surface area is 128 Å². The summed E-state index contributed by atoms with van der Waals surface area (Å²) in [6.07, 6.45) is 1.49. The average molecular weight is 311 g/mol. The lowest BCUT2D eigenvalue weighted by Crippen LogP contribution is -2.49. The zero-order valence-electron chi connectivity index (χ0n) is 13.3. The SMILES string of the molecule is Cc1ccc(S(=O)(=O)O[C@H]2CCCN(C(C)(C)C)C2)cc1. The van der Waals surface area contributed by atoms with Crippen LogP contribution in [0.3, 0.4) is 0 Å². The highest BCUT2D eigenvalue weighted by Crippen LogP contribution is 2.24. The van der Waals surface area contributed by atoms with Gasteiger partial charge in [-0.1, -0.05) is 17.7 Å². The molecule has 1 fully saturated rings. The van der Waals surface area contributed by atoms with Gasteiger partial charge in [-0.2, -0.15) is 8.42 Å². The summed E-state index contributed by atoms with van der Waals surface area (Å²) in [6.45, 7) is 10.0. The summed E-state index contributed by atoms with van der Waals surface area (Å²) < 4.78 is 30.1. The molecule has 118 valence electrons. The second kappa shape index (κ2) is 6.07. The molecule has 1 aromatic carbocycles. The number of aryl methyl sites for hydroxylation is 1. The molecule has 0 aromatic heterocycles. The molecule has 1 atom stereocenters. The third kappa shape index (κ3) is 4.28. The van der Waals surface area contributed by atoms with Gasteiger partial charge in [0, 0.05) is 12.1 Å². The second-order valence-electron chi connectivity index (χ2n) is 6.74. The topological polar surface area (TPSA) is 46.6 Å². The van der Waals surface area contributed by atoms with Crippen LogP contribution < -0.4 is 0 Å². The smallest absolute Gasteiger partial charge is 0.296 e. The Morgan fingerprint density at radius 2 is 1.81 bits per heavy atom. The molecule has 0 bridgehead atoms. The highest BCUT2D eigenvalue weighted by atomic mass is 32.2. The molecule has 0 unspecified atom stereocenters. The van der Waals surface area contributed by atoms with E-state index in [0.717, 1.165) is 24.9 Å². The minimum atomic E-state index is -3.67. The summed E-state index contributed by atoms with van der Waals surface area (Å²) in [5.41, 5.74) is 1.07. The van der Waals surface area contributed by atoms with Crippen LogP contribution in [0.1, 0.15) is 39.2 Å². The molecule has 1 aliphatic rings. The average Bonchev–Trinajstić information content (AvgIpc) is 2.38. The molecule has 1 heterocycles. The minimum absolute atomic E-state index is 0.0374. The number of hydrogen-bond donors (Lipinski definition) is 0. The lowest BCUT2D eigenvalue weighted by Gasteiger charge is -2.41. The van der Waals surface area contributed by atoms with Crippen molar-refractivity contribution >= 4 is 10.1 Å². The van der Waals surface area contributed by atoms with Crippen LogP contribution in [0.15, 0.2) is 29.2 Å². The van der Waals surface area contributed by atoms with Crippen molar-refractivity contribution in [3.05, 3.63) is 29.8 Å². The molecule has 1 saturated heterocycles. The highest BCUT2D eigenvalue weighted by Gasteiger charge is 2.31. The Hall–Kier alpha value is -0.910. The van der Waals surface area contributed by atoms with Crippen molar-refractivity contribution in [1.29, 1.82) is 0 Å². The molecule has 0 amide bonds. The van der Waals surface area contributed by atoms with Crippen molar-refractivity contribution < 1.29 is 12.6 Å². The van der Waals surface area contributed by atoms with E-state index in [2.05, 4.69) is 25.7 Å². The first-order chi connectivity index (χ1) is 9.68. The second-order valence-corrected chi connectivity index (χ2v) is 8.32. The van der Waals surface area contributed by atoms with Crippen molar-refractivity contribution in [3.63, 3.8) is 0 Å². The van der Waals surface area contributed by atoms with Gasteiger partial charge in [0.05, 0.1) is 11.0 Å². The van der Waals surface area contributed by atoms with Gasteiger partial charge >= 0.3 is 0 Å². The Morgan fingerprint density at radius 3 is 2.38 bits per heavy atom. The van der Waals surface area contributed by atoms with E-state index >= 15 is 0 Å². The predicted molar refractivity (Wildman–Crippen MR) is 83.8 cm³/mol. The maximum Gasteiger partial charge on any atom is 0.297 e. The van der Waals surface area contributed by atoms with Crippen LogP contribution >= 0.6 is 0 Å². The van der Waals surface area contributed by atoms with E-state index in [9.17, 15) is 8.42 Å². The van der Waals surface area contributed by atoms with Gasteiger partial charge in [-0.3, -0.25) is 9.08 Å². The molecule has 2 rings (SSSR count). The van der Waals surface area contributed by atoms with E-state index in [-0.39, 0.29) is 16.5 Å². The van der Waals surface area contributed by atoms with Crippen LogP contribution in [0, 0.1) is 6.92 Å². The van der Waals surface area contributed by atoms with Crippen molar-refractivity contribution in [2.45, 2.75) is 57.1 Å². The van der Waals surface area contributed by atoms with Crippen molar-refractivity contribution in [3.8, 4) is 0 Å². The Balaban J connectivity index is 2.08. The minimum Gasteiger partial charge on any atom is -0.296 e. The molecule has 0 saturated carbocycles. The van der Waals surface area contributed by atoms with E-state index in [0.29, 0.717) is 6.54 Å². The first-order valence-electron chi connectivity index (χ1n) is 7.43. The van der Waals surface area contributed by atoms with Crippen molar-refractivity contribution in [2.75, 3.05) is 13.1 Å². The summed E-state index contributed by atoms with van der Waals surface area (Å²) >= 11 is 0. The van der Waals surface area contributed by atoms with Crippen LogP contribution in [0.25, 0.3) is 0 Å². The van der Waals surface area contributed by atoms with Gasteiger partial charge in [0.15, 0.2) is 0 Å². The summed E-state index contributed by atoms with van der Waals surface area (Å²) in [7, 11) is -3.67. The van der Waals surface area contributed by atoms with Gasteiger partial charge in [0.1, 0.15) is 0 Å². The molecule has 0 radical (unpaired) electrons. The van der Waals surface area contributed by atoms with Gasteiger partial charge in [-0.05, 0) is 59.2 Å². The first kappa shape index (κ1) is 16.5. The van der Waals surface area contributed by atoms with Crippen LogP contribution in [-0.2, 0) is 14.3 Å². The zero-order chi connectivity index (χ0) is 15.7. The summed E-state index contributed by atoms with van der Waals surface area (Å²) in [5.74, 6) is 0. The normalized spacial score (nSPS) is 21.4. The number of piperidine rings is 1. The van der Waals surface area contributed by atoms with E-state index in [1.54, 1.807) is 24.3 Å². The first-order valence-corrected chi connectivity index (χ1v) is 8.84. The standard InChI is InChI=1S/C16H25NO3S/c1-13-7-9-15(10-8-13)21(18,19)20-14-6-5-11-17(12-14)16(2,3)4/h7-10,14H,5-6,11-12H2,1-4H3/t14-/m0/s1. The van der Waals surface area contributed by atoms with Gasteiger partial charge < -0.3 is 0 Å². The third-order valence-electron chi connectivity index (χ3n) is 3.90. The van der Waals surface area contributed by atoms with Crippen LogP contribution in [-0.4, -0.2) is 38.1 Å². The third-order valence-corrected chi connectivity index (χ3v) is 5.27. The fourth-order valence-electron chi connectivity index (χ4n) is 2.57. The summed E-state index contributed by atoms with van der Waals surface area (Å²) in [6, 6.07) is 6.79. The van der Waals surface area contributed by atoms with Crippen LogP contribution in [0.2, 0.25) is 0 Å². The fraction of sp³-hybridized carbons (Fsp3) is 0.625. The molecule has 1 aliphatic heterocycles. The fourth-order valence-corrected chi connectivity index (χ4v) is 3.66. The molecule has 0 spiro atoms. The molecular formula is C16H25NO3S. The lowest BCUT2D eigenvalue weighted by atomic mass is 10.00. The molecule has 0 N–H and O–H groups in total. The van der Waals surface area contributed by atoms with Crippen LogP contribution in [0.4, 0.5) is 0 Å². The Bertz CT molecular complexity index is 573. The van der Waals surface area contributed by atoms with E-state index in [1.165, 1.54) is 0 Å². The number of hydrogen-bond acceptors (Lipinski definition) is 4. The molecule has 21 heavy (non-hydrogen) atoms. The maximum absolute atomic E-state index is 12.3. The summed E-state index contributed by atoms with van der Waals surface area (Å²) in [5, 5.41) is 0. The van der Waals surface area contributed by atoms with Crippen LogP contribution in [0.5, 0.6) is 0 Å². The van der Waals surface area contributed by atoms with Gasteiger partial charge in [-0.25, -0.2) is 0 Å². The number of likely N-dealkylation sites (tertiary alicyclic amines) is 1. The number of rotatable bonds is 3. The molecule has 5 heteroatoms. The quantitative estimate of drug-likeness (QED) is 0.805. The van der Waals surface area contributed by atoms with Gasteiger partial charge in [0.25, 0.3) is 10.1 Å². The van der Waals surface area contributed by atoms with Gasteiger partial charge in [-0.15, -0.1) is 0 Å². The van der Waals surface area contributed by atoms with E-state index < -0.39 is 10.1 Å². The van der Waals surface area contributed by atoms with Gasteiger partial charge in [0.2, 0.25) is 0 Å². The van der Waals surface area contributed by atoms with E-state index in [1.807, 2.05) is 6.92 Å². The predicted octanol–water partition coefficient (Wildman–Crippen LogP) is 2.96. The highest BCUT2D eigenvalue weighted by molar-refractivity contribution is 7.86. The monoisotopic (exact) mass is 311 g/mol. The molecule has 4 nitrogen and oxygen atoms in total. The maximum atomic E-state index is 12.3. The Kier molecular flexibility index (Phi) is 4.76. The largest absolute Gasteiger partial charge is 0.297 e. The lowest BCUT2D eigenvalue weighted by molar-refractivity contribution is 0.0376. The number of benzene rings is 1. The summed E-state index contributed by atoms with van der Waals surface area (Å²) in [4.78, 5) is 2.52. The molecule has 0 aliphatic carbocycles. The molecule has 1 aromatic rings.